The molecule has 0 nitrogen and oxygen atoms in total. The zero-order chi connectivity index (χ0) is 10.4. The van der Waals surface area contributed by atoms with Gasteiger partial charge in [0.2, 0.25) is 0 Å². The molecule has 0 radical (unpaired) electrons. The summed E-state index contributed by atoms with van der Waals surface area (Å²) in [5.74, 6) is 0.369. The largest absolute Gasteiger partial charge is 0.207 e. The third-order valence-corrected chi connectivity index (χ3v) is 3.22. The molecule has 0 bridgehead atoms. The summed E-state index contributed by atoms with van der Waals surface area (Å²) in [6.45, 7) is 2.19. The zero-order valence-corrected chi connectivity index (χ0v) is 10.1. The van der Waals surface area contributed by atoms with Gasteiger partial charge >= 0.3 is 0 Å². The topological polar surface area (TPSA) is 0 Å². The first-order valence-corrected chi connectivity index (χ1v) is 6.21. The van der Waals surface area contributed by atoms with Gasteiger partial charge in [-0.15, -0.1) is 0 Å². The first kappa shape index (κ1) is 11.7. The molecule has 0 saturated heterocycles. The van der Waals surface area contributed by atoms with Gasteiger partial charge in [-0.25, -0.2) is 4.39 Å². The summed E-state index contributed by atoms with van der Waals surface area (Å²) in [5, 5.41) is 0.957. The average molecular weight is 259 g/mol. The third-order valence-electron chi connectivity index (χ3n) is 2.43. The Hall–Kier alpha value is -0.370. The maximum atomic E-state index is 12.7. The van der Waals surface area contributed by atoms with Crippen molar-refractivity contribution in [1.82, 2.24) is 0 Å². The van der Waals surface area contributed by atoms with Crippen molar-refractivity contribution in [2.24, 2.45) is 0 Å². The first-order valence-electron chi connectivity index (χ1n) is 5.09. The van der Waals surface area contributed by atoms with Gasteiger partial charge in [0.05, 0.1) is 0 Å². The van der Waals surface area contributed by atoms with Crippen LogP contribution in [0.3, 0.4) is 0 Å². The predicted molar refractivity (Wildman–Crippen MR) is 62.5 cm³/mol. The Labute approximate surface area is 93.7 Å². The van der Waals surface area contributed by atoms with Gasteiger partial charge in [-0.05, 0) is 30.0 Å². The number of rotatable bonds is 5. The minimum atomic E-state index is -0.155. The van der Waals surface area contributed by atoms with E-state index in [4.69, 9.17) is 0 Å². The summed E-state index contributed by atoms with van der Waals surface area (Å²) in [7, 11) is 0. The molecule has 0 saturated carbocycles. The standard InChI is InChI=1S/C12H16BrF/c1-2-3-4-11(9-13)10-5-7-12(14)8-6-10/h5-8,11H,2-4,9H2,1H3. The molecule has 78 valence electrons. The van der Waals surface area contributed by atoms with Crippen LogP contribution in [0.2, 0.25) is 0 Å². The average Bonchev–Trinajstić information content (AvgIpc) is 2.21. The summed E-state index contributed by atoms with van der Waals surface area (Å²) in [6, 6.07) is 6.85. The molecular formula is C12H16BrF. The van der Waals surface area contributed by atoms with E-state index in [2.05, 4.69) is 22.9 Å². The van der Waals surface area contributed by atoms with Gasteiger partial charge in [-0.1, -0.05) is 47.8 Å². The monoisotopic (exact) mass is 258 g/mol. The quantitative estimate of drug-likeness (QED) is 0.683. The van der Waals surface area contributed by atoms with Gasteiger partial charge in [-0.2, -0.15) is 0 Å². The van der Waals surface area contributed by atoms with Gasteiger partial charge in [0.25, 0.3) is 0 Å². The van der Waals surface area contributed by atoms with Crippen molar-refractivity contribution in [3.8, 4) is 0 Å². The predicted octanol–water partition coefficient (Wildman–Crippen LogP) is 4.49. The van der Waals surface area contributed by atoms with E-state index in [-0.39, 0.29) is 5.82 Å². The number of hydrogen-bond acceptors (Lipinski definition) is 0. The number of unbranched alkanes of at least 4 members (excludes halogenated alkanes) is 1. The van der Waals surface area contributed by atoms with Gasteiger partial charge in [0.15, 0.2) is 0 Å². The molecule has 1 aromatic carbocycles. The highest BCUT2D eigenvalue weighted by atomic mass is 79.9. The van der Waals surface area contributed by atoms with E-state index < -0.39 is 0 Å². The molecule has 0 aromatic heterocycles. The Balaban J connectivity index is 2.64. The highest BCUT2D eigenvalue weighted by Crippen LogP contribution is 2.24. The molecule has 2 heteroatoms. The Morgan fingerprint density at radius 1 is 1.29 bits per heavy atom. The first-order chi connectivity index (χ1) is 6.77. The van der Waals surface area contributed by atoms with Crippen LogP contribution in [0.15, 0.2) is 24.3 Å². The van der Waals surface area contributed by atoms with Gasteiger partial charge in [0.1, 0.15) is 5.82 Å². The molecule has 0 spiro atoms. The summed E-state index contributed by atoms with van der Waals surface area (Å²) in [6.07, 6.45) is 3.62. The molecule has 1 rings (SSSR count). The lowest BCUT2D eigenvalue weighted by Crippen LogP contribution is -2.00. The van der Waals surface area contributed by atoms with Crippen molar-refractivity contribution < 1.29 is 4.39 Å². The van der Waals surface area contributed by atoms with E-state index in [1.165, 1.54) is 37.0 Å². The molecule has 14 heavy (non-hydrogen) atoms. The molecule has 1 unspecified atom stereocenters. The maximum Gasteiger partial charge on any atom is 0.123 e. The molecule has 0 aliphatic heterocycles. The van der Waals surface area contributed by atoms with E-state index in [0.29, 0.717) is 5.92 Å². The summed E-state index contributed by atoms with van der Waals surface area (Å²) < 4.78 is 12.7. The molecule has 0 amide bonds. The van der Waals surface area contributed by atoms with Crippen molar-refractivity contribution in [1.29, 1.82) is 0 Å². The second kappa shape index (κ2) is 6.18. The van der Waals surface area contributed by atoms with Crippen LogP contribution in [-0.4, -0.2) is 5.33 Å². The molecule has 0 aliphatic carbocycles. The lowest BCUT2D eigenvalue weighted by Gasteiger charge is -2.13. The molecule has 1 aromatic rings. The second-order valence-electron chi connectivity index (χ2n) is 3.55. The van der Waals surface area contributed by atoms with Crippen molar-refractivity contribution in [3.05, 3.63) is 35.6 Å². The van der Waals surface area contributed by atoms with E-state index in [0.717, 1.165) is 5.33 Å². The highest BCUT2D eigenvalue weighted by molar-refractivity contribution is 9.09. The Kier molecular flexibility index (Phi) is 5.16. The van der Waals surface area contributed by atoms with Crippen molar-refractivity contribution >= 4 is 15.9 Å². The molecular weight excluding hydrogens is 243 g/mol. The van der Waals surface area contributed by atoms with E-state index in [1.807, 2.05) is 12.1 Å². The minimum Gasteiger partial charge on any atom is -0.207 e. The van der Waals surface area contributed by atoms with Crippen LogP contribution in [0.1, 0.15) is 37.7 Å². The van der Waals surface area contributed by atoms with Crippen molar-refractivity contribution in [2.45, 2.75) is 32.1 Å². The summed E-state index contributed by atoms with van der Waals surface area (Å²) in [5.41, 5.74) is 1.23. The third kappa shape index (κ3) is 3.41. The summed E-state index contributed by atoms with van der Waals surface area (Å²) in [4.78, 5) is 0. The van der Waals surface area contributed by atoms with Crippen LogP contribution in [-0.2, 0) is 0 Å². The molecule has 0 fully saturated rings. The normalized spacial score (nSPS) is 12.8. The second-order valence-corrected chi connectivity index (χ2v) is 4.19. The van der Waals surface area contributed by atoms with Crippen LogP contribution >= 0.6 is 15.9 Å². The maximum absolute atomic E-state index is 12.7. The van der Waals surface area contributed by atoms with Crippen LogP contribution in [0.5, 0.6) is 0 Å². The lowest BCUT2D eigenvalue weighted by molar-refractivity contribution is 0.616. The Morgan fingerprint density at radius 2 is 1.93 bits per heavy atom. The Morgan fingerprint density at radius 3 is 2.43 bits per heavy atom. The van der Waals surface area contributed by atoms with Crippen molar-refractivity contribution in [2.75, 3.05) is 5.33 Å². The highest BCUT2D eigenvalue weighted by Gasteiger charge is 2.08. The lowest BCUT2D eigenvalue weighted by atomic mass is 9.96. The van der Waals surface area contributed by atoms with Gasteiger partial charge in [0, 0.05) is 5.33 Å². The zero-order valence-electron chi connectivity index (χ0n) is 8.47. The minimum absolute atomic E-state index is 0.155. The van der Waals surface area contributed by atoms with Crippen molar-refractivity contribution in [3.63, 3.8) is 0 Å². The van der Waals surface area contributed by atoms with Crippen LogP contribution < -0.4 is 0 Å². The molecule has 1 atom stereocenters. The SMILES string of the molecule is CCCCC(CBr)c1ccc(F)cc1. The molecule has 0 N–H and O–H groups in total. The fraction of sp³-hybridized carbons (Fsp3) is 0.500. The van der Waals surface area contributed by atoms with E-state index in [1.54, 1.807) is 0 Å². The number of alkyl halides is 1. The van der Waals surface area contributed by atoms with Gasteiger partial charge in [-0.3, -0.25) is 0 Å². The van der Waals surface area contributed by atoms with E-state index >= 15 is 0 Å². The van der Waals surface area contributed by atoms with E-state index in [9.17, 15) is 4.39 Å². The summed E-state index contributed by atoms with van der Waals surface area (Å²) >= 11 is 3.51. The van der Waals surface area contributed by atoms with Gasteiger partial charge < -0.3 is 0 Å². The van der Waals surface area contributed by atoms with Crippen LogP contribution in [0.25, 0.3) is 0 Å². The number of hydrogen-bond donors (Lipinski definition) is 0. The fourth-order valence-corrected chi connectivity index (χ4v) is 2.22. The molecule has 0 aliphatic rings. The number of halogens is 2. The smallest absolute Gasteiger partial charge is 0.123 e. The van der Waals surface area contributed by atoms with Crippen LogP contribution in [0.4, 0.5) is 4.39 Å². The molecule has 0 heterocycles. The number of benzene rings is 1. The fourth-order valence-electron chi connectivity index (χ4n) is 1.52. The Bertz CT molecular complexity index is 256. The van der Waals surface area contributed by atoms with Crippen LogP contribution in [0, 0.1) is 5.82 Å².